The first kappa shape index (κ1) is 12.6. The van der Waals surface area contributed by atoms with Crippen LogP contribution in [-0.2, 0) is 6.54 Å². The fourth-order valence-electron chi connectivity index (χ4n) is 1.72. The lowest BCUT2D eigenvalue weighted by Gasteiger charge is -2.06. The molecular formula is C14H18N4. The van der Waals surface area contributed by atoms with Gasteiger partial charge in [-0.2, -0.15) is 0 Å². The molecular weight excluding hydrogens is 224 g/mol. The summed E-state index contributed by atoms with van der Waals surface area (Å²) in [7, 11) is 0. The maximum Gasteiger partial charge on any atom is 0.178 e. The molecule has 2 aromatic rings. The molecule has 4 heteroatoms. The van der Waals surface area contributed by atoms with Crippen LogP contribution in [-0.4, -0.2) is 21.5 Å². The van der Waals surface area contributed by atoms with Crippen LogP contribution in [0.15, 0.2) is 30.6 Å². The number of aryl methyl sites for hydroxylation is 1. The maximum atomic E-state index is 4.54. The van der Waals surface area contributed by atoms with Gasteiger partial charge in [-0.1, -0.05) is 13.0 Å². The van der Waals surface area contributed by atoms with Crippen LogP contribution in [0.1, 0.15) is 24.6 Å². The lowest BCUT2D eigenvalue weighted by Crippen LogP contribution is -2.15. The van der Waals surface area contributed by atoms with E-state index in [0.29, 0.717) is 5.82 Å². The molecule has 0 aliphatic carbocycles. The quantitative estimate of drug-likeness (QED) is 0.818. The second-order valence-electron chi connectivity index (χ2n) is 4.22. The number of aromatic nitrogens is 3. The number of nitrogens with zero attached hydrogens (tertiary/aromatic N) is 3. The van der Waals surface area contributed by atoms with Gasteiger partial charge in [0.2, 0.25) is 0 Å². The third kappa shape index (κ3) is 3.11. The van der Waals surface area contributed by atoms with Crippen molar-refractivity contribution in [2.45, 2.75) is 26.8 Å². The Kier molecular flexibility index (Phi) is 4.36. The molecule has 0 aliphatic rings. The highest BCUT2D eigenvalue weighted by Gasteiger charge is 2.06. The molecule has 0 radical (unpaired) electrons. The molecule has 4 nitrogen and oxygen atoms in total. The highest BCUT2D eigenvalue weighted by molar-refractivity contribution is 5.53. The summed E-state index contributed by atoms with van der Waals surface area (Å²) in [6.45, 7) is 5.94. The maximum absolute atomic E-state index is 4.54. The average Bonchev–Trinajstić information content (AvgIpc) is 2.40. The summed E-state index contributed by atoms with van der Waals surface area (Å²) in [5.74, 6) is 0.698. The first-order chi connectivity index (χ1) is 8.81. The van der Waals surface area contributed by atoms with Gasteiger partial charge in [0.05, 0.1) is 5.69 Å². The summed E-state index contributed by atoms with van der Waals surface area (Å²) >= 11 is 0. The summed E-state index contributed by atoms with van der Waals surface area (Å²) in [6.07, 6.45) is 4.68. The normalized spacial score (nSPS) is 10.6. The van der Waals surface area contributed by atoms with E-state index in [4.69, 9.17) is 0 Å². The molecule has 1 N–H and O–H groups in total. The number of hydrogen-bond donors (Lipinski definition) is 1. The molecule has 0 unspecified atom stereocenters. The summed E-state index contributed by atoms with van der Waals surface area (Å²) < 4.78 is 0. The molecule has 0 bridgehead atoms. The van der Waals surface area contributed by atoms with Crippen LogP contribution in [0.5, 0.6) is 0 Å². The second-order valence-corrected chi connectivity index (χ2v) is 4.22. The van der Waals surface area contributed by atoms with Crippen molar-refractivity contribution in [1.82, 2.24) is 20.3 Å². The lowest BCUT2D eigenvalue weighted by atomic mass is 10.2. The zero-order valence-electron chi connectivity index (χ0n) is 10.8. The van der Waals surface area contributed by atoms with Crippen molar-refractivity contribution in [3.05, 3.63) is 41.9 Å². The van der Waals surface area contributed by atoms with Crippen molar-refractivity contribution in [3.63, 3.8) is 0 Å². The Morgan fingerprint density at radius 2 is 2.06 bits per heavy atom. The Labute approximate surface area is 108 Å². The Morgan fingerprint density at radius 1 is 1.17 bits per heavy atom. The molecule has 0 aromatic carbocycles. The predicted molar refractivity (Wildman–Crippen MR) is 72.0 cm³/mol. The monoisotopic (exact) mass is 242 g/mol. The minimum atomic E-state index is 0.698. The molecule has 0 fully saturated rings. The molecule has 0 amide bonds. The van der Waals surface area contributed by atoms with Crippen molar-refractivity contribution >= 4 is 0 Å². The molecule has 2 heterocycles. The standard InChI is InChI=1S/C14H18N4/c1-3-7-15-10-12-6-9-17-14(18-12)13-11(2)5-4-8-16-13/h4-6,8-9,15H,3,7,10H2,1-2H3. The van der Waals surface area contributed by atoms with Gasteiger partial charge in [0.1, 0.15) is 5.69 Å². The SMILES string of the molecule is CCCNCc1ccnc(-c2ncccc2C)n1. The first-order valence-corrected chi connectivity index (χ1v) is 6.26. The van der Waals surface area contributed by atoms with E-state index in [0.717, 1.165) is 36.5 Å². The van der Waals surface area contributed by atoms with Gasteiger partial charge in [-0.05, 0) is 37.6 Å². The molecule has 2 rings (SSSR count). The van der Waals surface area contributed by atoms with Gasteiger partial charge in [0.15, 0.2) is 5.82 Å². The Balaban J connectivity index is 2.19. The van der Waals surface area contributed by atoms with Crippen molar-refractivity contribution in [2.24, 2.45) is 0 Å². The molecule has 94 valence electrons. The van der Waals surface area contributed by atoms with E-state index in [1.54, 1.807) is 12.4 Å². The topological polar surface area (TPSA) is 50.7 Å². The summed E-state index contributed by atoms with van der Waals surface area (Å²) in [5.41, 5.74) is 2.95. The van der Waals surface area contributed by atoms with Crippen molar-refractivity contribution in [1.29, 1.82) is 0 Å². The van der Waals surface area contributed by atoms with Crippen LogP contribution in [0.4, 0.5) is 0 Å². The molecule has 2 aromatic heterocycles. The third-order valence-corrected chi connectivity index (χ3v) is 2.67. The molecule has 18 heavy (non-hydrogen) atoms. The Hall–Kier alpha value is -1.81. The van der Waals surface area contributed by atoms with Crippen molar-refractivity contribution < 1.29 is 0 Å². The average molecular weight is 242 g/mol. The van der Waals surface area contributed by atoms with E-state index < -0.39 is 0 Å². The van der Waals surface area contributed by atoms with Gasteiger partial charge in [-0.25, -0.2) is 9.97 Å². The van der Waals surface area contributed by atoms with Crippen molar-refractivity contribution in [2.75, 3.05) is 6.54 Å². The molecule has 0 saturated heterocycles. The van der Waals surface area contributed by atoms with E-state index in [-0.39, 0.29) is 0 Å². The zero-order chi connectivity index (χ0) is 12.8. The van der Waals surface area contributed by atoms with Gasteiger partial charge in [-0.15, -0.1) is 0 Å². The fraction of sp³-hybridized carbons (Fsp3) is 0.357. The minimum Gasteiger partial charge on any atom is -0.311 e. The molecule has 0 saturated carbocycles. The smallest absolute Gasteiger partial charge is 0.178 e. The fourth-order valence-corrected chi connectivity index (χ4v) is 1.72. The van der Waals surface area contributed by atoms with Crippen LogP contribution in [0.3, 0.4) is 0 Å². The van der Waals surface area contributed by atoms with Gasteiger partial charge < -0.3 is 5.32 Å². The molecule has 0 spiro atoms. The number of pyridine rings is 1. The Morgan fingerprint density at radius 3 is 2.83 bits per heavy atom. The predicted octanol–water partition coefficient (Wildman–Crippen LogP) is 2.35. The summed E-state index contributed by atoms with van der Waals surface area (Å²) in [5, 5.41) is 3.33. The highest BCUT2D eigenvalue weighted by Crippen LogP contribution is 2.15. The van der Waals surface area contributed by atoms with Gasteiger partial charge >= 0.3 is 0 Å². The number of nitrogens with one attached hydrogen (secondary N) is 1. The third-order valence-electron chi connectivity index (χ3n) is 2.67. The first-order valence-electron chi connectivity index (χ1n) is 6.26. The van der Waals surface area contributed by atoms with Gasteiger partial charge in [0.25, 0.3) is 0 Å². The molecule has 0 atom stereocenters. The van der Waals surface area contributed by atoms with E-state index >= 15 is 0 Å². The van der Waals surface area contributed by atoms with Crippen LogP contribution < -0.4 is 5.32 Å². The largest absolute Gasteiger partial charge is 0.311 e. The second kappa shape index (κ2) is 6.21. The lowest BCUT2D eigenvalue weighted by molar-refractivity contribution is 0.663. The van der Waals surface area contributed by atoms with Gasteiger partial charge in [0, 0.05) is 18.9 Å². The van der Waals surface area contributed by atoms with E-state index in [2.05, 4.69) is 27.2 Å². The van der Waals surface area contributed by atoms with Crippen molar-refractivity contribution in [3.8, 4) is 11.5 Å². The van der Waals surface area contributed by atoms with Crippen LogP contribution in [0, 0.1) is 6.92 Å². The zero-order valence-corrected chi connectivity index (χ0v) is 10.8. The number of hydrogen-bond acceptors (Lipinski definition) is 4. The van der Waals surface area contributed by atoms with Crippen LogP contribution >= 0.6 is 0 Å². The highest BCUT2D eigenvalue weighted by atomic mass is 14.9. The van der Waals surface area contributed by atoms with Gasteiger partial charge in [-0.3, -0.25) is 4.98 Å². The van der Waals surface area contributed by atoms with E-state index in [1.807, 2.05) is 25.1 Å². The summed E-state index contributed by atoms with van der Waals surface area (Å²) in [6, 6.07) is 5.88. The summed E-state index contributed by atoms with van der Waals surface area (Å²) in [4.78, 5) is 13.2. The van der Waals surface area contributed by atoms with E-state index in [9.17, 15) is 0 Å². The number of rotatable bonds is 5. The molecule has 0 aliphatic heterocycles. The van der Waals surface area contributed by atoms with Crippen LogP contribution in [0.2, 0.25) is 0 Å². The minimum absolute atomic E-state index is 0.698. The van der Waals surface area contributed by atoms with E-state index in [1.165, 1.54) is 0 Å². The van der Waals surface area contributed by atoms with Crippen LogP contribution in [0.25, 0.3) is 11.5 Å². The Bertz CT molecular complexity index is 511.